The molecule has 0 radical (unpaired) electrons. The normalized spacial score (nSPS) is 11.0. The van der Waals surface area contributed by atoms with Crippen molar-refractivity contribution in [1.29, 1.82) is 5.26 Å². The molecular formula is C10H5F4NO. The zero-order valence-electron chi connectivity index (χ0n) is 8.02. The van der Waals surface area contributed by atoms with Crippen LogP contribution in [0.1, 0.15) is 28.4 Å². The highest BCUT2D eigenvalue weighted by Crippen LogP contribution is 2.35. The lowest BCUT2D eigenvalue weighted by Gasteiger charge is -2.12. The number of rotatable bonds is 1. The van der Waals surface area contributed by atoms with Gasteiger partial charge in [0.2, 0.25) is 0 Å². The maximum atomic E-state index is 12.9. The molecule has 1 aromatic rings. The lowest BCUT2D eigenvalue weighted by molar-refractivity contribution is -0.138. The molecule has 1 aromatic carbocycles. The van der Waals surface area contributed by atoms with E-state index in [0.29, 0.717) is 12.1 Å². The van der Waals surface area contributed by atoms with Gasteiger partial charge in [-0.3, -0.25) is 4.79 Å². The zero-order valence-corrected chi connectivity index (χ0v) is 8.02. The van der Waals surface area contributed by atoms with E-state index in [-0.39, 0.29) is 0 Å². The molecule has 0 amide bonds. The molecule has 0 heterocycles. The lowest BCUT2D eigenvalue weighted by atomic mass is 9.98. The van der Waals surface area contributed by atoms with E-state index < -0.39 is 34.5 Å². The number of nitrogens with zero attached hydrogens (tertiary/aromatic N) is 1. The van der Waals surface area contributed by atoms with Gasteiger partial charge in [-0.05, 0) is 19.1 Å². The number of Topliss-reactive ketones (excluding diaryl/α,β-unsaturated/α-hetero) is 1. The van der Waals surface area contributed by atoms with Gasteiger partial charge in [0.25, 0.3) is 0 Å². The van der Waals surface area contributed by atoms with Crippen molar-refractivity contribution < 1.29 is 22.4 Å². The fraction of sp³-hybridized carbons (Fsp3) is 0.200. The Morgan fingerprint density at radius 2 is 1.94 bits per heavy atom. The summed E-state index contributed by atoms with van der Waals surface area (Å²) in [5.74, 6) is -1.99. The molecule has 0 aliphatic carbocycles. The van der Waals surface area contributed by atoms with Crippen LogP contribution in [0.3, 0.4) is 0 Å². The first-order chi connectivity index (χ1) is 7.27. The Hall–Kier alpha value is -1.90. The second-order valence-electron chi connectivity index (χ2n) is 3.04. The molecule has 0 bridgehead atoms. The van der Waals surface area contributed by atoms with Crippen LogP contribution >= 0.6 is 0 Å². The monoisotopic (exact) mass is 231 g/mol. The van der Waals surface area contributed by atoms with Gasteiger partial charge in [-0.1, -0.05) is 0 Å². The summed E-state index contributed by atoms with van der Waals surface area (Å²) < 4.78 is 50.6. The molecule has 0 atom stereocenters. The third kappa shape index (κ3) is 2.19. The van der Waals surface area contributed by atoms with Crippen LogP contribution in [0.25, 0.3) is 0 Å². The van der Waals surface area contributed by atoms with Crippen molar-refractivity contribution in [2.45, 2.75) is 13.1 Å². The Kier molecular flexibility index (Phi) is 2.99. The molecule has 0 spiro atoms. The van der Waals surface area contributed by atoms with Crippen LogP contribution in [-0.4, -0.2) is 5.78 Å². The van der Waals surface area contributed by atoms with Crippen molar-refractivity contribution >= 4 is 5.78 Å². The summed E-state index contributed by atoms with van der Waals surface area (Å²) in [4.78, 5) is 11.0. The fourth-order valence-electron chi connectivity index (χ4n) is 1.28. The van der Waals surface area contributed by atoms with Gasteiger partial charge in [-0.2, -0.15) is 18.4 Å². The van der Waals surface area contributed by atoms with E-state index in [1.807, 2.05) is 0 Å². The van der Waals surface area contributed by atoms with Crippen molar-refractivity contribution in [2.24, 2.45) is 0 Å². The average molecular weight is 231 g/mol. The summed E-state index contributed by atoms with van der Waals surface area (Å²) in [5, 5.41) is 8.48. The first-order valence-corrected chi connectivity index (χ1v) is 4.09. The molecule has 84 valence electrons. The van der Waals surface area contributed by atoms with Crippen LogP contribution in [0.5, 0.6) is 0 Å². The third-order valence-corrected chi connectivity index (χ3v) is 1.89. The van der Waals surface area contributed by atoms with Gasteiger partial charge in [0, 0.05) is 5.56 Å². The predicted molar refractivity (Wildman–Crippen MR) is 46.1 cm³/mol. The quantitative estimate of drug-likeness (QED) is 0.550. The SMILES string of the molecule is CC(=O)c1cc(F)cc(C#N)c1C(F)(F)F. The standard InChI is InChI=1S/C10H5F4NO/c1-5(16)8-3-7(11)2-6(4-15)9(8)10(12,13)14/h2-3H,1H3. The van der Waals surface area contributed by atoms with Gasteiger partial charge in [-0.25, -0.2) is 4.39 Å². The number of halogens is 4. The average Bonchev–Trinajstić information content (AvgIpc) is 2.14. The van der Waals surface area contributed by atoms with Gasteiger partial charge in [0.15, 0.2) is 5.78 Å². The summed E-state index contributed by atoms with van der Waals surface area (Å²) in [5.41, 5.74) is -3.11. The van der Waals surface area contributed by atoms with E-state index in [1.54, 1.807) is 0 Å². The van der Waals surface area contributed by atoms with Crippen LogP contribution in [0.15, 0.2) is 12.1 Å². The molecule has 0 saturated carbocycles. The number of benzene rings is 1. The lowest BCUT2D eigenvalue weighted by Crippen LogP contribution is -2.14. The topological polar surface area (TPSA) is 40.9 Å². The smallest absolute Gasteiger partial charge is 0.294 e. The maximum absolute atomic E-state index is 12.9. The van der Waals surface area contributed by atoms with E-state index in [9.17, 15) is 22.4 Å². The van der Waals surface area contributed by atoms with Gasteiger partial charge in [-0.15, -0.1) is 0 Å². The van der Waals surface area contributed by atoms with E-state index in [1.165, 1.54) is 6.07 Å². The molecule has 1 rings (SSSR count). The molecule has 6 heteroatoms. The minimum Gasteiger partial charge on any atom is -0.294 e. The van der Waals surface area contributed by atoms with Crippen molar-refractivity contribution in [3.63, 3.8) is 0 Å². The molecule has 0 aromatic heterocycles. The van der Waals surface area contributed by atoms with Crippen LogP contribution in [-0.2, 0) is 6.18 Å². The largest absolute Gasteiger partial charge is 0.418 e. The van der Waals surface area contributed by atoms with Gasteiger partial charge in [0.05, 0.1) is 17.2 Å². The molecule has 0 N–H and O–H groups in total. The van der Waals surface area contributed by atoms with E-state index in [0.717, 1.165) is 6.92 Å². The number of carbonyl (C=O) groups is 1. The second-order valence-corrected chi connectivity index (χ2v) is 3.04. The first-order valence-electron chi connectivity index (χ1n) is 4.09. The number of nitriles is 1. The number of hydrogen-bond acceptors (Lipinski definition) is 2. The highest BCUT2D eigenvalue weighted by atomic mass is 19.4. The first kappa shape index (κ1) is 12.2. The van der Waals surface area contributed by atoms with E-state index in [4.69, 9.17) is 5.26 Å². The molecule has 16 heavy (non-hydrogen) atoms. The molecule has 0 aliphatic rings. The van der Waals surface area contributed by atoms with Crippen LogP contribution in [0.4, 0.5) is 17.6 Å². The van der Waals surface area contributed by atoms with Crippen molar-refractivity contribution in [1.82, 2.24) is 0 Å². The number of alkyl halides is 3. The van der Waals surface area contributed by atoms with Crippen molar-refractivity contribution in [2.75, 3.05) is 0 Å². The molecule has 0 saturated heterocycles. The minimum atomic E-state index is -4.86. The fourth-order valence-corrected chi connectivity index (χ4v) is 1.28. The van der Waals surface area contributed by atoms with Crippen molar-refractivity contribution in [3.8, 4) is 6.07 Å². The van der Waals surface area contributed by atoms with Gasteiger partial charge < -0.3 is 0 Å². The van der Waals surface area contributed by atoms with Crippen molar-refractivity contribution in [3.05, 3.63) is 34.6 Å². The second kappa shape index (κ2) is 3.93. The van der Waals surface area contributed by atoms with Gasteiger partial charge >= 0.3 is 6.18 Å². The Morgan fingerprint density at radius 3 is 2.31 bits per heavy atom. The van der Waals surface area contributed by atoms with Crippen LogP contribution in [0.2, 0.25) is 0 Å². The summed E-state index contributed by atoms with van der Waals surface area (Å²) in [7, 11) is 0. The zero-order chi connectivity index (χ0) is 12.5. The van der Waals surface area contributed by atoms with Crippen LogP contribution < -0.4 is 0 Å². The Morgan fingerprint density at radius 1 is 1.38 bits per heavy atom. The number of ketones is 1. The maximum Gasteiger partial charge on any atom is 0.418 e. The number of hydrogen-bond donors (Lipinski definition) is 0. The molecule has 0 fully saturated rings. The Bertz CT molecular complexity index is 485. The molecule has 2 nitrogen and oxygen atoms in total. The predicted octanol–water partition coefficient (Wildman–Crippen LogP) is 2.92. The van der Waals surface area contributed by atoms with Crippen LogP contribution in [0, 0.1) is 17.1 Å². The Balaban J connectivity index is 3.67. The molecule has 0 aliphatic heterocycles. The summed E-state index contributed by atoms with van der Waals surface area (Å²) in [6, 6.07) is 2.16. The summed E-state index contributed by atoms with van der Waals surface area (Å²) in [6.07, 6.45) is -4.86. The summed E-state index contributed by atoms with van der Waals surface area (Å²) in [6.45, 7) is 0.880. The highest BCUT2D eigenvalue weighted by Gasteiger charge is 2.37. The Labute approximate surface area is 88.1 Å². The highest BCUT2D eigenvalue weighted by molar-refractivity contribution is 5.96. The van der Waals surface area contributed by atoms with E-state index >= 15 is 0 Å². The van der Waals surface area contributed by atoms with E-state index in [2.05, 4.69) is 0 Å². The third-order valence-electron chi connectivity index (χ3n) is 1.89. The minimum absolute atomic E-state index is 0.454. The molecular weight excluding hydrogens is 226 g/mol. The number of carbonyl (C=O) groups excluding carboxylic acids is 1. The molecule has 0 unspecified atom stereocenters. The summed E-state index contributed by atoms with van der Waals surface area (Å²) >= 11 is 0. The van der Waals surface area contributed by atoms with Gasteiger partial charge in [0.1, 0.15) is 5.82 Å².